The largest absolute Gasteiger partial charge is 0.497 e. The fourth-order valence-corrected chi connectivity index (χ4v) is 1.69. The minimum Gasteiger partial charge on any atom is -0.497 e. The van der Waals surface area contributed by atoms with E-state index in [0.29, 0.717) is 17.9 Å². The molecule has 1 aromatic carbocycles. The fraction of sp³-hybridized carbons (Fsp3) is 0.500. The van der Waals surface area contributed by atoms with Gasteiger partial charge in [0.2, 0.25) is 0 Å². The highest BCUT2D eigenvalue weighted by atomic mass is 16.6. The van der Waals surface area contributed by atoms with E-state index >= 15 is 0 Å². The maximum atomic E-state index is 11.4. The van der Waals surface area contributed by atoms with Crippen LogP contribution in [0.2, 0.25) is 0 Å². The van der Waals surface area contributed by atoms with Gasteiger partial charge in [-0.2, -0.15) is 0 Å². The van der Waals surface area contributed by atoms with Gasteiger partial charge in [0.1, 0.15) is 11.5 Å². The van der Waals surface area contributed by atoms with Gasteiger partial charge in [0, 0.05) is 12.1 Å². The van der Waals surface area contributed by atoms with E-state index in [1.54, 1.807) is 20.1 Å². The zero-order valence-corrected chi connectivity index (χ0v) is 11.8. The predicted octanol–water partition coefficient (Wildman–Crippen LogP) is 1.53. The van der Waals surface area contributed by atoms with Gasteiger partial charge in [0.25, 0.3) is 0 Å². The molecule has 0 bridgehead atoms. The van der Waals surface area contributed by atoms with Gasteiger partial charge in [-0.05, 0) is 31.9 Å². The highest BCUT2D eigenvalue weighted by Crippen LogP contribution is 2.26. The Morgan fingerprint density at radius 1 is 1.32 bits per heavy atom. The standard InChI is InChI=1S/C14H21NO4/c1-9(15)7-11-5-6-12(17-3)8-13(11)19-10(2)14(16)18-4/h5-6,8-10H,7,15H2,1-4H3. The zero-order chi connectivity index (χ0) is 14.4. The molecule has 0 amide bonds. The van der Waals surface area contributed by atoms with Gasteiger partial charge >= 0.3 is 5.97 Å². The van der Waals surface area contributed by atoms with Gasteiger partial charge in [0.15, 0.2) is 6.10 Å². The number of hydrogen-bond acceptors (Lipinski definition) is 5. The molecule has 5 heteroatoms. The third kappa shape index (κ3) is 4.44. The summed E-state index contributed by atoms with van der Waals surface area (Å²) >= 11 is 0. The molecule has 0 heterocycles. The van der Waals surface area contributed by atoms with Crippen molar-refractivity contribution in [3.05, 3.63) is 23.8 Å². The average Bonchev–Trinajstić information content (AvgIpc) is 2.39. The summed E-state index contributed by atoms with van der Waals surface area (Å²) in [5.74, 6) is 0.838. The zero-order valence-electron chi connectivity index (χ0n) is 11.8. The van der Waals surface area contributed by atoms with Crippen LogP contribution in [0.25, 0.3) is 0 Å². The Labute approximate surface area is 113 Å². The molecule has 0 saturated carbocycles. The SMILES string of the molecule is COC(=O)C(C)Oc1cc(OC)ccc1CC(C)N. The second-order valence-electron chi connectivity index (χ2n) is 4.44. The van der Waals surface area contributed by atoms with Crippen molar-refractivity contribution in [1.29, 1.82) is 0 Å². The van der Waals surface area contributed by atoms with E-state index in [-0.39, 0.29) is 6.04 Å². The summed E-state index contributed by atoms with van der Waals surface area (Å²) in [7, 11) is 2.91. The molecule has 2 N–H and O–H groups in total. The molecule has 106 valence electrons. The molecular formula is C14H21NO4. The second kappa shape index (κ2) is 6.99. The summed E-state index contributed by atoms with van der Waals surface area (Å²) in [5, 5.41) is 0. The molecule has 19 heavy (non-hydrogen) atoms. The number of carbonyl (C=O) groups is 1. The number of methoxy groups -OCH3 is 2. The predicted molar refractivity (Wildman–Crippen MR) is 72.5 cm³/mol. The van der Waals surface area contributed by atoms with Gasteiger partial charge in [0.05, 0.1) is 14.2 Å². The van der Waals surface area contributed by atoms with E-state index in [2.05, 4.69) is 4.74 Å². The lowest BCUT2D eigenvalue weighted by Gasteiger charge is -2.17. The van der Waals surface area contributed by atoms with Crippen LogP contribution in [0.4, 0.5) is 0 Å². The Kier molecular flexibility index (Phi) is 5.63. The van der Waals surface area contributed by atoms with E-state index in [4.69, 9.17) is 15.2 Å². The molecule has 1 aromatic rings. The van der Waals surface area contributed by atoms with E-state index in [9.17, 15) is 4.79 Å². The molecule has 0 fully saturated rings. The van der Waals surface area contributed by atoms with E-state index in [1.165, 1.54) is 7.11 Å². The van der Waals surface area contributed by atoms with Crippen LogP contribution in [0.5, 0.6) is 11.5 Å². The summed E-state index contributed by atoms with van der Waals surface area (Å²) in [4.78, 5) is 11.4. The van der Waals surface area contributed by atoms with Crippen LogP contribution >= 0.6 is 0 Å². The lowest BCUT2D eigenvalue weighted by atomic mass is 10.1. The smallest absolute Gasteiger partial charge is 0.346 e. The third-order valence-corrected chi connectivity index (χ3v) is 2.65. The molecule has 0 aliphatic carbocycles. The van der Waals surface area contributed by atoms with Crippen molar-refractivity contribution in [3.8, 4) is 11.5 Å². The first-order valence-corrected chi connectivity index (χ1v) is 6.15. The number of benzene rings is 1. The first kappa shape index (κ1) is 15.3. The maximum absolute atomic E-state index is 11.4. The molecule has 5 nitrogen and oxygen atoms in total. The number of hydrogen-bond donors (Lipinski definition) is 1. The van der Waals surface area contributed by atoms with Crippen molar-refractivity contribution >= 4 is 5.97 Å². The average molecular weight is 267 g/mol. The molecule has 1 rings (SSSR count). The van der Waals surface area contributed by atoms with Crippen molar-refractivity contribution in [2.24, 2.45) is 5.73 Å². The molecule has 0 spiro atoms. The lowest BCUT2D eigenvalue weighted by Crippen LogP contribution is -2.26. The van der Waals surface area contributed by atoms with Crippen LogP contribution in [-0.4, -0.2) is 32.3 Å². The summed E-state index contributed by atoms with van der Waals surface area (Å²) < 4.78 is 15.4. The van der Waals surface area contributed by atoms with Crippen LogP contribution < -0.4 is 15.2 Å². The molecule has 0 aliphatic heterocycles. The maximum Gasteiger partial charge on any atom is 0.346 e. The van der Waals surface area contributed by atoms with Crippen molar-refractivity contribution in [2.75, 3.05) is 14.2 Å². The lowest BCUT2D eigenvalue weighted by molar-refractivity contribution is -0.147. The number of rotatable bonds is 6. The van der Waals surface area contributed by atoms with Gasteiger partial charge < -0.3 is 19.9 Å². The summed E-state index contributed by atoms with van der Waals surface area (Å²) in [6, 6.07) is 5.48. The molecule has 0 aliphatic rings. The molecule has 0 saturated heterocycles. The second-order valence-corrected chi connectivity index (χ2v) is 4.44. The summed E-state index contributed by atoms with van der Waals surface area (Å²) in [6.07, 6.45) is -0.0170. The Balaban J connectivity index is 2.97. The normalized spacial score (nSPS) is 13.5. The minimum absolute atomic E-state index is 0.00387. The number of carbonyl (C=O) groups excluding carboxylic acids is 1. The third-order valence-electron chi connectivity index (χ3n) is 2.65. The van der Waals surface area contributed by atoms with Crippen molar-refractivity contribution in [3.63, 3.8) is 0 Å². The van der Waals surface area contributed by atoms with Gasteiger partial charge in [-0.25, -0.2) is 4.79 Å². The topological polar surface area (TPSA) is 70.8 Å². The highest BCUT2D eigenvalue weighted by molar-refractivity contribution is 5.74. The molecular weight excluding hydrogens is 246 g/mol. The van der Waals surface area contributed by atoms with Crippen molar-refractivity contribution < 1.29 is 19.0 Å². The summed E-state index contributed by atoms with van der Waals surface area (Å²) in [5.41, 5.74) is 6.74. The molecule has 0 aromatic heterocycles. The monoisotopic (exact) mass is 267 g/mol. The first-order chi connectivity index (χ1) is 8.97. The fourth-order valence-electron chi connectivity index (χ4n) is 1.69. The Bertz CT molecular complexity index is 431. The Morgan fingerprint density at radius 2 is 2.00 bits per heavy atom. The van der Waals surface area contributed by atoms with E-state index in [0.717, 1.165) is 5.56 Å². The van der Waals surface area contributed by atoms with E-state index < -0.39 is 12.1 Å². The van der Waals surface area contributed by atoms with Gasteiger partial charge in [-0.1, -0.05) is 6.07 Å². The molecule has 2 atom stereocenters. The Morgan fingerprint density at radius 3 is 2.53 bits per heavy atom. The van der Waals surface area contributed by atoms with Crippen molar-refractivity contribution in [1.82, 2.24) is 0 Å². The van der Waals surface area contributed by atoms with Crippen molar-refractivity contribution in [2.45, 2.75) is 32.4 Å². The van der Waals surface area contributed by atoms with Crippen LogP contribution in [0.1, 0.15) is 19.4 Å². The number of esters is 1. The van der Waals surface area contributed by atoms with Crippen LogP contribution in [0, 0.1) is 0 Å². The van der Waals surface area contributed by atoms with Gasteiger partial charge in [-0.15, -0.1) is 0 Å². The molecule has 0 radical (unpaired) electrons. The minimum atomic E-state index is -0.677. The number of nitrogens with two attached hydrogens (primary N) is 1. The van der Waals surface area contributed by atoms with Crippen LogP contribution in [0.15, 0.2) is 18.2 Å². The van der Waals surface area contributed by atoms with Crippen LogP contribution in [-0.2, 0) is 16.0 Å². The van der Waals surface area contributed by atoms with E-state index in [1.807, 2.05) is 19.1 Å². The highest BCUT2D eigenvalue weighted by Gasteiger charge is 2.17. The molecule has 2 unspecified atom stereocenters. The summed E-state index contributed by atoms with van der Waals surface area (Å²) in [6.45, 7) is 3.55. The Hall–Kier alpha value is -1.75. The number of ether oxygens (including phenoxy) is 3. The van der Waals surface area contributed by atoms with Gasteiger partial charge in [-0.3, -0.25) is 0 Å². The quantitative estimate of drug-likeness (QED) is 0.791. The first-order valence-electron chi connectivity index (χ1n) is 6.15. The van der Waals surface area contributed by atoms with Crippen LogP contribution in [0.3, 0.4) is 0 Å².